The van der Waals surface area contributed by atoms with E-state index >= 15 is 0 Å². The van der Waals surface area contributed by atoms with E-state index in [2.05, 4.69) is 5.32 Å². The van der Waals surface area contributed by atoms with Gasteiger partial charge in [-0.25, -0.2) is 8.42 Å². The molecule has 1 atom stereocenters. The van der Waals surface area contributed by atoms with E-state index in [4.69, 9.17) is 9.15 Å². The smallest absolute Gasteiger partial charge is 0.242 e. The second-order valence-electron chi connectivity index (χ2n) is 6.67. The Labute approximate surface area is 156 Å². The Morgan fingerprint density at radius 1 is 1.22 bits per heavy atom. The molecule has 1 saturated heterocycles. The van der Waals surface area contributed by atoms with Gasteiger partial charge in [0.2, 0.25) is 15.9 Å². The monoisotopic (exact) mass is 388 g/mol. The third-order valence-electron chi connectivity index (χ3n) is 4.89. The Kier molecular flexibility index (Phi) is 4.32. The van der Waals surface area contributed by atoms with Gasteiger partial charge in [-0.1, -0.05) is 18.2 Å². The molecule has 0 bridgehead atoms. The fraction of sp³-hybridized carbons (Fsp3) is 0.316. The molecule has 0 unspecified atom stereocenters. The van der Waals surface area contributed by atoms with E-state index < -0.39 is 16.1 Å². The van der Waals surface area contributed by atoms with E-state index in [0.29, 0.717) is 36.4 Å². The number of amides is 1. The van der Waals surface area contributed by atoms with Gasteiger partial charge in [-0.05, 0) is 25.0 Å². The predicted octanol–water partition coefficient (Wildman–Crippen LogP) is 2.96. The molecule has 1 aliphatic heterocycles. The molecule has 2 aromatic carbocycles. The minimum absolute atomic E-state index is 0.358. The number of benzene rings is 2. The van der Waals surface area contributed by atoms with Crippen LogP contribution in [0, 0.1) is 0 Å². The number of ether oxygens (including phenoxy) is 1. The van der Waals surface area contributed by atoms with E-state index in [9.17, 15) is 13.2 Å². The maximum Gasteiger partial charge on any atom is 0.242 e. The number of nitrogens with zero attached hydrogens (tertiary/aromatic N) is 1. The number of anilines is 1. The number of rotatable bonds is 4. The lowest BCUT2D eigenvalue weighted by molar-refractivity contribution is -0.119. The summed E-state index contributed by atoms with van der Waals surface area (Å²) in [7, 11) is -1.91. The van der Waals surface area contributed by atoms with E-state index in [1.165, 1.54) is 11.4 Å². The van der Waals surface area contributed by atoms with Gasteiger partial charge in [-0.15, -0.1) is 0 Å². The quantitative estimate of drug-likeness (QED) is 0.742. The highest BCUT2D eigenvalue weighted by molar-refractivity contribution is 7.88. The van der Waals surface area contributed by atoms with Crippen LogP contribution in [0.5, 0.6) is 5.75 Å². The molecule has 2 heterocycles. The summed E-state index contributed by atoms with van der Waals surface area (Å²) in [6.07, 6.45) is 2.28. The molecule has 0 spiro atoms. The third-order valence-corrected chi connectivity index (χ3v) is 6.18. The number of hydrogen-bond donors (Lipinski definition) is 1. The van der Waals surface area contributed by atoms with Gasteiger partial charge in [0.15, 0.2) is 0 Å². The van der Waals surface area contributed by atoms with Crippen molar-refractivity contribution in [3.63, 3.8) is 0 Å². The molecule has 7 nitrogen and oxygen atoms in total. The molecule has 0 aliphatic carbocycles. The molecule has 1 N–H and O–H groups in total. The van der Waals surface area contributed by atoms with Crippen LogP contribution >= 0.6 is 0 Å². The first kappa shape index (κ1) is 17.8. The van der Waals surface area contributed by atoms with Crippen LogP contribution in [-0.4, -0.2) is 44.6 Å². The zero-order valence-electron chi connectivity index (χ0n) is 15.1. The molecule has 142 valence electrons. The maximum atomic E-state index is 12.7. The van der Waals surface area contributed by atoms with Gasteiger partial charge in [0.05, 0.1) is 19.1 Å². The molecule has 4 rings (SSSR count). The molecule has 3 aromatic rings. The van der Waals surface area contributed by atoms with E-state index in [-0.39, 0.29) is 5.91 Å². The number of para-hydroxylation sites is 1. The van der Waals surface area contributed by atoms with Crippen molar-refractivity contribution in [2.24, 2.45) is 0 Å². The number of sulfonamides is 1. The van der Waals surface area contributed by atoms with Crippen molar-refractivity contribution in [2.45, 2.75) is 18.9 Å². The summed E-state index contributed by atoms with van der Waals surface area (Å²) in [5, 5.41) is 4.66. The Hall–Kier alpha value is -2.58. The summed E-state index contributed by atoms with van der Waals surface area (Å²) in [6.45, 7) is 0.358. The summed E-state index contributed by atoms with van der Waals surface area (Å²) >= 11 is 0. The van der Waals surface area contributed by atoms with Crippen molar-refractivity contribution < 1.29 is 22.4 Å². The molecule has 1 aromatic heterocycles. The molecular formula is C19H20N2O5S. The highest BCUT2D eigenvalue weighted by atomic mass is 32.2. The van der Waals surface area contributed by atoms with Crippen LogP contribution < -0.4 is 10.1 Å². The maximum absolute atomic E-state index is 12.7. The lowest BCUT2D eigenvalue weighted by atomic mass is 10.1. The molecule has 0 radical (unpaired) electrons. The fourth-order valence-electron chi connectivity index (χ4n) is 3.63. The molecular weight excluding hydrogens is 368 g/mol. The van der Waals surface area contributed by atoms with Gasteiger partial charge in [-0.2, -0.15) is 4.31 Å². The summed E-state index contributed by atoms with van der Waals surface area (Å²) in [4.78, 5) is 12.7. The van der Waals surface area contributed by atoms with Gasteiger partial charge >= 0.3 is 0 Å². The van der Waals surface area contributed by atoms with Crippen LogP contribution in [-0.2, 0) is 14.8 Å². The summed E-state index contributed by atoms with van der Waals surface area (Å²) < 4.78 is 36.4. The lowest BCUT2D eigenvalue weighted by Crippen LogP contribution is -2.42. The minimum Gasteiger partial charge on any atom is -0.495 e. The standard InChI is InChI=1S/C19H20N2O5S/c1-25-18-10-13-12-6-3-4-8-16(12)26-17(13)11-14(18)20-19(22)15-7-5-9-21(15)27(2,23)24/h3-4,6,8,10-11,15H,5,7,9H2,1-2H3,(H,20,22)/t15-/m1/s1. The Morgan fingerprint density at radius 2 is 2.00 bits per heavy atom. The first-order valence-corrected chi connectivity index (χ1v) is 10.5. The third kappa shape index (κ3) is 3.15. The lowest BCUT2D eigenvalue weighted by Gasteiger charge is -2.21. The Balaban J connectivity index is 1.71. The number of carbonyl (C=O) groups excluding carboxylic acids is 1. The first-order chi connectivity index (χ1) is 12.9. The fourth-order valence-corrected chi connectivity index (χ4v) is 4.76. The summed E-state index contributed by atoms with van der Waals surface area (Å²) in [5.41, 5.74) is 1.82. The number of carbonyl (C=O) groups is 1. The first-order valence-electron chi connectivity index (χ1n) is 8.65. The largest absolute Gasteiger partial charge is 0.495 e. The number of methoxy groups -OCH3 is 1. The average molecular weight is 388 g/mol. The molecule has 1 amide bonds. The summed E-state index contributed by atoms with van der Waals surface area (Å²) in [5.74, 6) is 0.123. The van der Waals surface area contributed by atoms with Gasteiger partial charge in [0.1, 0.15) is 23.0 Å². The van der Waals surface area contributed by atoms with Crippen LogP contribution in [0.4, 0.5) is 5.69 Å². The van der Waals surface area contributed by atoms with Crippen LogP contribution in [0.15, 0.2) is 40.8 Å². The van der Waals surface area contributed by atoms with E-state index in [0.717, 1.165) is 22.6 Å². The Bertz CT molecular complexity index is 1140. The van der Waals surface area contributed by atoms with Gasteiger partial charge in [-0.3, -0.25) is 4.79 Å². The van der Waals surface area contributed by atoms with Gasteiger partial charge < -0.3 is 14.5 Å². The highest BCUT2D eigenvalue weighted by Gasteiger charge is 2.36. The normalized spacial score (nSPS) is 18.2. The molecule has 0 saturated carbocycles. The number of hydrogen-bond acceptors (Lipinski definition) is 5. The Morgan fingerprint density at radius 3 is 2.74 bits per heavy atom. The molecule has 1 fully saturated rings. The predicted molar refractivity (Wildman–Crippen MR) is 103 cm³/mol. The van der Waals surface area contributed by atoms with Crippen LogP contribution in [0.2, 0.25) is 0 Å². The van der Waals surface area contributed by atoms with Crippen molar-refractivity contribution in [1.82, 2.24) is 4.31 Å². The van der Waals surface area contributed by atoms with Crippen LogP contribution in [0.25, 0.3) is 21.9 Å². The second-order valence-corrected chi connectivity index (χ2v) is 8.60. The number of nitrogens with one attached hydrogen (secondary N) is 1. The van der Waals surface area contributed by atoms with Crippen molar-refractivity contribution in [2.75, 3.05) is 25.2 Å². The minimum atomic E-state index is -3.43. The van der Waals surface area contributed by atoms with Crippen LogP contribution in [0.3, 0.4) is 0 Å². The van der Waals surface area contributed by atoms with Crippen molar-refractivity contribution in [3.05, 3.63) is 36.4 Å². The molecule has 27 heavy (non-hydrogen) atoms. The van der Waals surface area contributed by atoms with Crippen molar-refractivity contribution in [1.29, 1.82) is 0 Å². The van der Waals surface area contributed by atoms with E-state index in [1.54, 1.807) is 6.07 Å². The topological polar surface area (TPSA) is 88.9 Å². The van der Waals surface area contributed by atoms with Crippen molar-refractivity contribution >= 4 is 43.6 Å². The second kappa shape index (κ2) is 6.54. The number of fused-ring (bicyclic) bond motifs is 3. The molecule has 8 heteroatoms. The van der Waals surface area contributed by atoms with Gasteiger partial charge in [0.25, 0.3) is 0 Å². The van der Waals surface area contributed by atoms with Crippen molar-refractivity contribution in [3.8, 4) is 5.75 Å². The SMILES string of the molecule is COc1cc2c(cc1NC(=O)[C@H]1CCCN1S(C)(=O)=O)oc1ccccc12. The van der Waals surface area contributed by atoms with E-state index in [1.807, 2.05) is 30.3 Å². The highest BCUT2D eigenvalue weighted by Crippen LogP contribution is 2.36. The van der Waals surface area contributed by atoms with Crippen LogP contribution in [0.1, 0.15) is 12.8 Å². The summed E-state index contributed by atoms with van der Waals surface area (Å²) in [6, 6.07) is 10.5. The number of furan rings is 1. The average Bonchev–Trinajstić information content (AvgIpc) is 3.25. The molecule has 1 aliphatic rings. The van der Waals surface area contributed by atoms with Gasteiger partial charge in [0, 0.05) is 23.4 Å². The zero-order chi connectivity index (χ0) is 19.2. The zero-order valence-corrected chi connectivity index (χ0v) is 15.9.